The van der Waals surface area contributed by atoms with Crippen molar-refractivity contribution in [2.75, 3.05) is 7.11 Å². The number of phenols is 1. The SMILES string of the molecule is COc1cc(/C=N/NS(=O)(=O)c2ccc(C)c([N+](=O)[O-])c2)cc([N+](=O)[O-])c1O. The largest absolute Gasteiger partial charge is 0.500 e. The van der Waals surface area contributed by atoms with E-state index < -0.39 is 31.3 Å². The van der Waals surface area contributed by atoms with Crippen LogP contribution in [0.25, 0.3) is 0 Å². The molecule has 148 valence electrons. The second kappa shape index (κ2) is 7.87. The molecule has 0 saturated heterocycles. The first-order valence-electron chi connectivity index (χ1n) is 7.42. The standard InChI is InChI=1S/C15H14N4O8S/c1-9-3-4-11(7-12(9)18(21)22)28(25,26)17-16-8-10-5-13(19(23)24)15(20)14(6-10)27-2/h3-8,17,20H,1-2H3/b16-8+. The molecular weight excluding hydrogens is 396 g/mol. The van der Waals surface area contributed by atoms with E-state index in [1.54, 1.807) is 0 Å². The van der Waals surface area contributed by atoms with E-state index in [4.69, 9.17) is 4.74 Å². The molecular formula is C15H14N4O8S. The summed E-state index contributed by atoms with van der Waals surface area (Å²) in [6, 6.07) is 5.52. The molecule has 0 spiro atoms. The first-order chi connectivity index (χ1) is 13.1. The number of nitrogens with one attached hydrogen (secondary N) is 1. The highest BCUT2D eigenvalue weighted by atomic mass is 32.2. The van der Waals surface area contributed by atoms with Crippen LogP contribution in [-0.4, -0.2) is 36.7 Å². The van der Waals surface area contributed by atoms with Gasteiger partial charge in [0.25, 0.3) is 15.7 Å². The van der Waals surface area contributed by atoms with Crippen LogP contribution < -0.4 is 9.57 Å². The Kier molecular flexibility index (Phi) is 5.78. The number of phenolic OH excluding ortho intramolecular Hbond substituents is 1. The lowest BCUT2D eigenvalue weighted by Gasteiger charge is -2.06. The summed E-state index contributed by atoms with van der Waals surface area (Å²) in [7, 11) is -3.03. The molecule has 0 heterocycles. The van der Waals surface area contributed by atoms with E-state index in [9.17, 15) is 33.8 Å². The Morgan fingerprint density at radius 1 is 1.14 bits per heavy atom. The molecule has 0 radical (unpaired) electrons. The van der Waals surface area contributed by atoms with Crippen molar-refractivity contribution in [1.29, 1.82) is 0 Å². The van der Waals surface area contributed by atoms with Gasteiger partial charge in [-0.25, -0.2) is 4.83 Å². The first-order valence-corrected chi connectivity index (χ1v) is 8.90. The van der Waals surface area contributed by atoms with Crippen molar-refractivity contribution in [2.24, 2.45) is 5.10 Å². The summed E-state index contributed by atoms with van der Waals surface area (Å²) in [6.07, 6.45) is 0.953. The number of hydrogen-bond acceptors (Lipinski definition) is 9. The van der Waals surface area contributed by atoms with Crippen LogP contribution in [0.3, 0.4) is 0 Å². The molecule has 0 saturated carbocycles. The molecule has 2 rings (SSSR count). The van der Waals surface area contributed by atoms with Crippen molar-refractivity contribution in [2.45, 2.75) is 11.8 Å². The third-order valence-electron chi connectivity index (χ3n) is 3.57. The maximum Gasteiger partial charge on any atom is 0.315 e. The number of hydrazone groups is 1. The summed E-state index contributed by atoms with van der Waals surface area (Å²) in [6.45, 7) is 1.46. The van der Waals surface area contributed by atoms with Gasteiger partial charge in [-0.05, 0) is 19.1 Å². The number of methoxy groups -OCH3 is 1. The molecule has 2 N–H and O–H groups in total. The Labute approximate surface area is 158 Å². The minimum atomic E-state index is -4.22. The quantitative estimate of drug-likeness (QED) is 0.395. The molecule has 12 nitrogen and oxygen atoms in total. The maximum absolute atomic E-state index is 12.2. The number of nitro benzene ring substituents is 2. The van der Waals surface area contributed by atoms with Crippen molar-refractivity contribution in [3.63, 3.8) is 0 Å². The van der Waals surface area contributed by atoms with Gasteiger partial charge >= 0.3 is 5.69 Å². The Bertz CT molecular complexity index is 1080. The van der Waals surface area contributed by atoms with Crippen molar-refractivity contribution in [3.05, 3.63) is 61.7 Å². The predicted octanol–water partition coefficient (Wildman–Crippen LogP) is 1.84. The van der Waals surface area contributed by atoms with Crippen molar-refractivity contribution < 1.29 is 28.1 Å². The molecule has 0 bridgehead atoms. The van der Waals surface area contributed by atoms with E-state index in [0.29, 0.717) is 0 Å². The highest BCUT2D eigenvalue weighted by Gasteiger charge is 2.21. The van der Waals surface area contributed by atoms with Crippen molar-refractivity contribution in [1.82, 2.24) is 4.83 Å². The molecule has 0 unspecified atom stereocenters. The number of aromatic hydroxyl groups is 1. The van der Waals surface area contributed by atoms with E-state index in [0.717, 1.165) is 18.3 Å². The van der Waals surface area contributed by atoms with Gasteiger partial charge in [0.05, 0.1) is 28.1 Å². The number of hydrogen-bond donors (Lipinski definition) is 2. The fourth-order valence-corrected chi connectivity index (χ4v) is 2.97. The molecule has 0 aliphatic carbocycles. The van der Waals surface area contributed by atoms with E-state index in [2.05, 4.69) is 5.10 Å². The summed E-state index contributed by atoms with van der Waals surface area (Å²) < 4.78 is 29.3. The summed E-state index contributed by atoms with van der Waals surface area (Å²) >= 11 is 0. The average molecular weight is 410 g/mol. The van der Waals surface area contributed by atoms with Gasteiger partial charge in [0, 0.05) is 23.3 Å². The molecule has 0 fully saturated rings. The molecule has 2 aromatic carbocycles. The average Bonchev–Trinajstić information content (AvgIpc) is 2.62. The lowest BCUT2D eigenvalue weighted by Crippen LogP contribution is -2.18. The topological polar surface area (TPSA) is 174 Å². The van der Waals surface area contributed by atoms with Crippen molar-refractivity contribution in [3.8, 4) is 11.5 Å². The molecule has 28 heavy (non-hydrogen) atoms. The second-order valence-electron chi connectivity index (χ2n) is 5.41. The fraction of sp³-hybridized carbons (Fsp3) is 0.133. The summed E-state index contributed by atoms with van der Waals surface area (Å²) in [5.41, 5.74) is -0.668. The normalized spacial score (nSPS) is 11.4. The van der Waals surface area contributed by atoms with Crippen LogP contribution in [0.1, 0.15) is 11.1 Å². The Balaban J connectivity index is 2.31. The van der Waals surface area contributed by atoms with Gasteiger partial charge in [0.2, 0.25) is 5.75 Å². The smallest absolute Gasteiger partial charge is 0.315 e. The van der Waals surface area contributed by atoms with Gasteiger partial charge in [-0.1, -0.05) is 6.07 Å². The van der Waals surface area contributed by atoms with Crippen molar-refractivity contribution >= 4 is 27.6 Å². The number of nitro groups is 2. The van der Waals surface area contributed by atoms with E-state index >= 15 is 0 Å². The molecule has 2 aromatic rings. The number of benzene rings is 2. The van der Waals surface area contributed by atoms with E-state index in [1.165, 1.54) is 32.2 Å². The molecule has 0 atom stereocenters. The van der Waals surface area contributed by atoms with Gasteiger partial charge < -0.3 is 9.84 Å². The summed E-state index contributed by atoms with van der Waals surface area (Å²) in [4.78, 5) is 21.8. The van der Waals surface area contributed by atoms with E-state index in [1.807, 2.05) is 4.83 Å². The highest BCUT2D eigenvalue weighted by molar-refractivity contribution is 7.89. The van der Waals surface area contributed by atoms with Gasteiger partial charge in [0.1, 0.15) is 0 Å². The summed E-state index contributed by atoms with van der Waals surface area (Å²) in [5.74, 6) is -0.884. The number of aryl methyl sites for hydroxylation is 1. The number of sulfonamides is 1. The predicted molar refractivity (Wildman–Crippen MR) is 97.1 cm³/mol. The molecule has 0 amide bonds. The zero-order valence-corrected chi connectivity index (χ0v) is 15.3. The van der Waals surface area contributed by atoms with Gasteiger partial charge in [-0.2, -0.15) is 13.5 Å². The van der Waals surface area contributed by atoms with Crippen LogP contribution >= 0.6 is 0 Å². The minimum Gasteiger partial charge on any atom is -0.500 e. The van der Waals surface area contributed by atoms with Crippen LogP contribution in [0.4, 0.5) is 11.4 Å². The third kappa shape index (κ3) is 4.32. The van der Waals surface area contributed by atoms with Gasteiger partial charge in [0.15, 0.2) is 5.75 Å². The van der Waals surface area contributed by atoms with Crippen LogP contribution in [0.5, 0.6) is 11.5 Å². The zero-order valence-electron chi connectivity index (χ0n) is 14.5. The van der Waals surface area contributed by atoms with Crippen LogP contribution in [0.15, 0.2) is 40.3 Å². The third-order valence-corrected chi connectivity index (χ3v) is 4.79. The Morgan fingerprint density at radius 2 is 1.79 bits per heavy atom. The maximum atomic E-state index is 12.2. The zero-order chi connectivity index (χ0) is 21.1. The monoisotopic (exact) mass is 410 g/mol. The van der Waals surface area contributed by atoms with Crippen LogP contribution in [-0.2, 0) is 10.0 Å². The second-order valence-corrected chi connectivity index (χ2v) is 7.07. The number of nitrogens with zero attached hydrogens (tertiary/aromatic N) is 3. The molecule has 13 heteroatoms. The lowest BCUT2D eigenvalue weighted by atomic mass is 10.2. The summed E-state index contributed by atoms with van der Waals surface area (Å²) in [5, 5.41) is 35.1. The van der Waals surface area contributed by atoms with E-state index in [-0.39, 0.29) is 27.5 Å². The van der Waals surface area contributed by atoms with Crippen LogP contribution in [0, 0.1) is 27.2 Å². The Hall–Kier alpha value is -3.74. The first kappa shape index (κ1) is 20.6. The minimum absolute atomic E-state index is 0.0685. The number of rotatable bonds is 7. The van der Waals surface area contributed by atoms with Gasteiger partial charge in [-0.15, -0.1) is 0 Å². The van der Waals surface area contributed by atoms with Gasteiger partial charge in [-0.3, -0.25) is 20.2 Å². The fourth-order valence-electron chi connectivity index (χ4n) is 2.16. The number of ether oxygens (including phenoxy) is 1. The van der Waals surface area contributed by atoms with Crippen LogP contribution in [0.2, 0.25) is 0 Å². The molecule has 0 aliphatic rings. The highest BCUT2D eigenvalue weighted by Crippen LogP contribution is 2.36. The molecule has 0 aromatic heterocycles. The lowest BCUT2D eigenvalue weighted by molar-refractivity contribution is -0.386. The molecule has 0 aliphatic heterocycles. The Morgan fingerprint density at radius 3 is 2.36 bits per heavy atom.